The van der Waals surface area contributed by atoms with Crippen LogP contribution in [0.2, 0.25) is 0 Å². The zero-order valence-electron chi connectivity index (χ0n) is 11.0. The molecule has 3 heterocycles. The normalized spacial score (nSPS) is 36.3. The van der Waals surface area contributed by atoms with E-state index in [0.29, 0.717) is 11.9 Å². The summed E-state index contributed by atoms with van der Waals surface area (Å²) >= 11 is 0. The molecule has 3 saturated heterocycles. The molecule has 3 fully saturated rings. The summed E-state index contributed by atoms with van der Waals surface area (Å²) in [6.07, 6.45) is 5.49. The lowest BCUT2D eigenvalue weighted by molar-refractivity contribution is 0.109. The van der Waals surface area contributed by atoms with Crippen LogP contribution in [0.4, 0.5) is 4.79 Å². The number of hydrogen-bond acceptors (Lipinski definition) is 3. The van der Waals surface area contributed by atoms with Crippen molar-refractivity contribution in [3.8, 4) is 0 Å². The third kappa shape index (κ3) is 1.43. The number of urea groups is 1. The van der Waals surface area contributed by atoms with E-state index in [1.807, 2.05) is 4.90 Å². The summed E-state index contributed by atoms with van der Waals surface area (Å²) in [7, 11) is 0. The fraction of sp³-hybridized carbons (Fsp3) is 0.846. The molecule has 0 aromatic heterocycles. The van der Waals surface area contributed by atoms with Crippen molar-refractivity contribution in [1.82, 2.24) is 15.1 Å². The van der Waals surface area contributed by atoms with Crippen molar-refractivity contribution in [1.29, 1.82) is 5.41 Å². The van der Waals surface area contributed by atoms with Gasteiger partial charge in [-0.25, -0.2) is 4.79 Å². The number of carbonyl (C=O) groups excluding carboxylic acids is 1. The molecule has 5 heteroatoms. The van der Waals surface area contributed by atoms with Crippen LogP contribution in [0.3, 0.4) is 0 Å². The molecule has 0 bridgehead atoms. The van der Waals surface area contributed by atoms with Crippen LogP contribution in [0.1, 0.15) is 39.0 Å². The second-order valence-electron chi connectivity index (χ2n) is 5.68. The van der Waals surface area contributed by atoms with E-state index in [-0.39, 0.29) is 11.6 Å². The van der Waals surface area contributed by atoms with E-state index in [0.717, 1.165) is 38.9 Å². The number of rotatable bonds is 2. The minimum absolute atomic E-state index is 0.0609. The van der Waals surface area contributed by atoms with E-state index in [1.54, 1.807) is 0 Å². The zero-order valence-corrected chi connectivity index (χ0v) is 11.0. The lowest BCUT2D eigenvalue weighted by Crippen LogP contribution is -2.59. The minimum Gasteiger partial charge on any atom is -0.310 e. The van der Waals surface area contributed by atoms with Crippen LogP contribution in [-0.4, -0.2) is 52.9 Å². The number of fused-ring (bicyclic) bond motifs is 2. The number of amides is 2. The average molecular weight is 250 g/mol. The third-order valence-electron chi connectivity index (χ3n) is 4.78. The van der Waals surface area contributed by atoms with Gasteiger partial charge in [0.05, 0.1) is 0 Å². The van der Waals surface area contributed by atoms with E-state index in [4.69, 9.17) is 5.41 Å². The summed E-state index contributed by atoms with van der Waals surface area (Å²) in [5, 5.41) is 11.0. The topological polar surface area (TPSA) is 59.4 Å². The van der Waals surface area contributed by atoms with Gasteiger partial charge < -0.3 is 4.90 Å². The van der Waals surface area contributed by atoms with Crippen LogP contribution in [0.5, 0.6) is 0 Å². The predicted octanol–water partition coefficient (Wildman–Crippen LogP) is 1.40. The Morgan fingerprint density at radius 3 is 3.06 bits per heavy atom. The molecule has 3 rings (SSSR count). The predicted molar refractivity (Wildman–Crippen MR) is 69.8 cm³/mol. The Bertz CT molecular complexity index is 383. The Labute approximate surface area is 108 Å². The summed E-state index contributed by atoms with van der Waals surface area (Å²) in [6, 6.07) is 0.304. The first-order valence-electron chi connectivity index (χ1n) is 7.12. The second kappa shape index (κ2) is 4.23. The van der Waals surface area contributed by atoms with Crippen molar-refractivity contribution in [3.05, 3.63) is 0 Å². The molecular weight excluding hydrogens is 228 g/mol. The van der Waals surface area contributed by atoms with Gasteiger partial charge in [0.2, 0.25) is 0 Å². The van der Waals surface area contributed by atoms with Crippen molar-refractivity contribution >= 4 is 11.9 Å². The molecular formula is C13H22N4O. The van der Waals surface area contributed by atoms with Gasteiger partial charge in [-0.2, -0.15) is 0 Å². The van der Waals surface area contributed by atoms with Crippen LogP contribution in [0.25, 0.3) is 0 Å². The first-order chi connectivity index (χ1) is 8.70. The summed E-state index contributed by atoms with van der Waals surface area (Å²) in [6.45, 7) is 5.02. The molecule has 2 unspecified atom stereocenters. The van der Waals surface area contributed by atoms with Crippen molar-refractivity contribution in [2.45, 2.75) is 50.6 Å². The largest absolute Gasteiger partial charge is 0.323 e. The van der Waals surface area contributed by atoms with Gasteiger partial charge in [0.15, 0.2) is 0 Å². The van der Waals surface area contributed by atoms with Gasteiger partial charge in [-0.1, -0.05) is 13.3 Å². The van der Waals surface area contributed by atoms with Gasteiger partial charge >= 0.3 is 6.03 Å². The van der Waals surface area contributed by atoms with Gasteiger partial charge in [-0.15, -0.1) is 0 Å². The maximum absolute atomic E-state index is 12.1. The van der Waals surface area contributed by atoms with Crippen LogP contribution < -0.4 is 5.32 Å². The molecule has 18 heavy (non-hydrogen) atoms. The highest BCUT2D eigenvalue weighted by Crippen LogP contribution is 2.42. The minimum atomic E-state index is -0.340. The molecule has 2 atom stereocenters. The smallest absolute Gasteiger partial charge is 0.310 e. The lowest BCUT2D eigenvalue weighted by atomic mass is 9.83. The number of carbonyl (C=O) groups is 1. The molecule has 1 spiro atoms. The van der Waals surface area contributed by atoms with E-state index >= 15 is 0 Å². The highest BCUT2D eigenvalue weighted by molar-refractivity contribution is 6.09. The zero-order chi connectivity index (χ0) is 12.8. The van der Waals surface area contributed by atoms with Crippen molar-refractivity contribution in [2.75, 3.05) is 19.6 Å². The lowest BCUT2D eigenvalue weighted by Gasteiger charge is -2.42. The summed E-state index contributed by atoms with van der Waals surface area (Å²) in [5.74, 6) is 0.440. The van der Waals surface area contributed by atoms with Crippen LogP contribution in [0, 0.1) is 5.41 Å². The Morgan fingerprint density at radius 1 is 1.44 bits per heavy atom. The van der Waals surface area contributed by atoms with Crippen molar-refractivity contribution in [2.24, 2.45) is 0 Å². The molecule has 0 radical (unpaired) electrons. The van der Waals surface area contributed by atoms with Gasteiger partial charge in [-0.05, 0) is 32.2 Å². The van der Waals surface area contributed by atoms with Crippen molar-refractivity contribution in [3.63, 3.8) is 0 Å². The molecule has 2 amide bonds. The highest BCUT2D eigenvalue weighted by atomic mass is 16.2. The third-order valence-corrected chi connectivity index (χ3v) is 4.78. The molecule has 5 nitrogen and oxygen atoms in total. The first kappa shape index (κ1) is 12.0. The van der Waals surface area contributed by atoms with Crippen molar-refractivity contribution < 1.29 is 4.79 Å². The molecule has 0 saturated carbocycles. The second-order valence-corrected chi connectivity index (χ2v) is 5.68. The standard InChI is InChI=1S/C13H22N4O/c1-2-7-17-12(18)15-11(14)13(17)6-9-16-8-4-3-5-10(13)16/h10H,2-9H2,1H3,(H2,14,15,18). The molecule has 0 aromatic rings. The summed E-state index contributed by atoms with van der Waals surface area (Å²) < 4.78 is 0. The number of piperidine rings is 1. The monoisotopic (exact) mass is 250 g/mol. The number of nitrogens with zero attached hydrogens (tertiary/aromatic N) is 2. The quantitative estimate of drug-likeness (QED) is 0.778. The van der Waals surface area contributed by atoms with E-state index in [1.165, 1.54) is 12.8 Å². The first-order valence-corrected chi connectivity index (χ1v) is 7.12. The Balaban J connectivity index is 1.95. The van der Waals surface area contributed by atoms with Crippen LogP contribution >= 0.6 is 0 Å². The van der Waals surface area contributed by atoms with E-state index in [2.05, 4.69) is 17.1 Å². The number of hydrogen-bond donors (Lipinski definition) is 2. The summed E-state index contributed by atoms with van der Waals surface area (Å²) in [4.78, 5) is 16.5. The van der Waals surface area contributed by atoms with Crippen LogP contribution in [-0.2, 0) is 0 Å². The Kier molecular flexibility index (Phi) is 2.81. The van der Waals surface area contributed by atoms with E-state index < -0.39 is 0 Å². The van der Waals surface area contributed by atoms with Gasteiger partial charge in [-0.3, -0.25) is 15.6 Å². The molecule has 3 aliphatic rings. The fourth-order valence-corrected chi connectivity index (χ4v) is 4.01. The highest BCUT2D eigenvalue weighted by Gasteiger charge is 2.59. The molecule has 3 aliphatic heterocycles. The number of nitrogens with one attached hydrogen (secondary N) is 2. The van der Waals surface area contributed by atoms with Gasteiger partial charge in [0.25, 0.3) is 0 Å². The molecule has 2 N–H and O–H groups in total. The Hall–Kier alpha value is -1.10. The van der Waals surface area contributed by atoms with E-state index in [9.17, 15) is 4.79 Å². The maximum atomic E-state index is 12.1. The fourth-order valence-electron chi connectivity index (χ4n) is 4.01. The molecule has 0 aliphatic carbocycles. The molecule has 100 valence electrons. The van der Waals surface area contributed by atoms with Gasteiger partial charge in [0, 0.05) is 19.1 Å². The number of amidine groups is 1. The van der Waals surface area contributed by atoms with Crippen LogP contribution in [0.15, 0.2) is 0 Å². The maximum Gasteiger partial charge on any atom is 0.323 e. The average Bonchev–Trinajstić information content (AvgIpc) is 2.86. The molecule has 0 aromatic carbocycles. The SMILES string of the molecule is CCCN1C(=O)NC(=N)C12CCN1CCCCC12. The van der Waals surface area contributed by atoms with Gasteiger partial charge in [0.1, 0.15) is 11.4 Å². The Morgan fingerprint density at radius 2 is 2.28 bits per heavy atom. The summed E-state index contributed by atoms with van der Waals surface area (Å²) in [5.41, 5.74) is -0.340.